The highest BCUT2D eigenvalue weighted by molar-refractivity contribution is 7.88. The van der Waals surface area contributed by atoms with Crippen LogP contribution >= 0.6 is 0 Å². The summed E-state index contributed by atoms with van der Waals surface area (Å²) in [5.41, 5.74) is 1.70. The summed E-state index contributed by atoms with van der Waals surface area (Å²) in [6, 6.07) is 5.30. The maximum atomic E-state index is 13.7. The maximum Gasteiger partial charge on any atom is 0.211 e. The lowest BCUT2D eigenvalue weighted by molar-refractivity contribution is 0.219. The number of nitrogens with zero attached hydrogens (tertiary/aromatic N) is 1. The van der Waals surface area contributed by atoms with Crippen LogP contribution in [0.3, 0.4) is 0 Å². The number of aryl methyl sites for hydroxylation is 1. The Labute approximate surface area is 126 Å². The Kier molecular flexibility index (Phi) is 5.01. The van der Waals surface area contributed by atoms with Gasteiger partial charge in [0.25, 0.3) is 0 Å². The largest absolute Gasteiger partial charge is 0.309 e. The molecular weight excluding hydrogens is 291 g/mol. The molecule has 2 rings (SSSR count). The number of rotatable bonds is 4. The van der Waals surface area contributed by atoms with E-state index in [1.165, 1.54) is 16.6 Å². The van der Waals surface area contributed by atoms with Gasteiger partial charge in [-0.1, -0.05) is 24.6 Å². The van der Waals surface area contributed by atoms with Crippen molar-refractivity contribution in [1.82, 2.24) is 9.62 Å². The van der Waals surface area contributed by atoms with E-state index in [1.807, 2.05) is 19.9 Å². The van der Waals surface area contributed by atoms with Crippen molar-refractivity contribution in [3.63, 3.8) is 0 Å². The van der Waals surface area contributed by atoms with Crippen LogP contribution in [-0.2, 0) is 16.6 Å². The van der Waals surface area contributed by atoms with E-state index in [0.29, 0.717) is 25.2 Å². The van der Waals surface area contributed by atoms with Crippen LogP contribution in [-0.4, -0.2) is 38.1 Å². The highest BCUT2D eigenvalue weighted by Crippen LogP contribution is 2.20. The lowest BCUT2D eigenvalue weighted by Gasteiger charge is -2.36. The van der Waals surface area contributed by atoms with E-state index in [1.54, 1.807) is 6.07 Å². The highest BCUT2D eigenvalue weighted by atomic mass is 32.2. The van der Waals surface area contributed by atoms with Crippen molar-refractivity contribution < 1.29 is 12.8 Å². The van der Waals surface area contributed by atoms with E-state index < -0.39 is 10.0 Å². The van der Waals surface area contributed by atoms with Gasteiger partial charge in [-0.3, -0.25) is 0 Å². The fourth-order valence-electron chi connectivity index (χ4n) is 2.79. The zero-order valence-corrected chi connectivity index (χ0v) is 13.6. The van der Waals surface area contributed by atoms with Crippen LogP contribution in [0, 0.1) is 18.7 Å². The fraction of sp³-hybridized carbons (Fsp3) is 0.600. The van der Waals surface area contributed by atoms with Crippen LogP contribution in [0.15, 0.2) is 18.2 Å². The Balaban J connectivity index is 1.94. The number of sulfonamides is 1. The van der Waals surface area contributed by atoms with E-state index in [2.05, 4.69) is 5.32 Å². The van der Waals surface area contributed by atoms with Crippen LogP contribution in [0.2, 0.25) is 0 Å². The van der Waals surface area contributed by atoms with Gasteiger partial charge in [-0.05, 0) is 25.3 Å². The van der Waals surface area contributed by atoms with E-state index in [0.717, 1.165) is 12.0 Å². The summed E-state index contributed by atoms with van der Waals surface area (Å²) in [7, 11) is -3.12. The van der Waals surface area contributed by atoms with Gasteiger partial charge in [-0.25, -0.2) is 17.1 Å². The minimum absolute atomic E-state index is 0.200. The average molecular weight is 314 g/mol. The SMILES string of the molecule is Cc1ccc(F)c(CNC2CCN(S(C)(=O)=O)CC2C)c1. The predicted octanol–water partition coefficient (Wildman–Crippen LogP) is 1.89. The van der Waals surface area contributed by atoms with Crippen LogP contribution in [0.5, 0.6) is 0 Å². The first-order chi connectivity index (χ1) is 9.77. The zero-order valence-electron chi connectivity index (χ0n) is 12.8. The second kappa shape index (κ2) is 6.42. The molecule has 6 heteroatoms. The Morgan fingerprint density at radius 2 is 2.14 bits per heavy atom. The predicted molar refractivity (Wildman–Crippen MR) is 82.0 cm³/mol. The van der Waals surface area contributed by atoms with Gasteiger partial charge in [-0.15, -0.1) is 0 Å². The third kappa shape index (κ3) is 4.25. The second-order valence-electron chi connectivity index (χ2n) is 5.97. The van der Waals surface area contributed by atoms with E-state index in [9.17, 15) is 12.8 Å². The molecule has 0 aliphatic carbocycles. The fourth-order valence-corrected chi connectivity index (χ4v) is 3.73. The molecule has 1 aliphatic heterocycles. The van der Waals surface area contributed by atoms with Gasteiger partial charge < -0.3 is 5.32 Å². The van der Waals surface area contributed by atoms with Crippen molar-refractivity contribution in [3.05, 3.63) is 35.1 Å². The number of nitrogens with one attached hydrogen (secondary N) is 1. The lowest BCUT2D eigenvalue weighted by Crippen LogP contribution is -2.49. The van der Waals surface area contributed by atoms with Gasteiger partial charge in [0, 0.05) is 31.2 Å². The van der Waals surface area contributed by atoms with Crippen molar-refractivity contribution in [1.29, 1.82) is 0 Å². The summed E-state index contributed by atoms with van der Waals surface area (Å²) in [5.74, 6) is 0.00988. The molecule has 1 fully saturated rings. The molecule has 0 radical (unpaired) electrons. The van der Waals surface area contributed by atoms with Crippen molar-refractivity contribution in [2.24, 2.45) is 5.92 Å². The van der Waals surface area contributed by atoms with Crippen molar-refractivity contribution in [2.75, 3.05) is 19.3 Å². The quantitative estimate of drug-likeness (QED) is 0.923. The Morgan fingerprint density at radius 3 is 2.76 bits per heavy atom. The molecule has 1 heterocycles. The van der Waals surface area contributed by atoms with Gasteiger partial charge in [0.2, 0.25) is 10.0 Å². The third-order valence-corrected chi connectivity index (χ3v) is 5.36. The summed E-state index contributed by atoms with van der Waals surface area (Å²) in [5, 5.41) is 3.37. The molecule has 0 aromatic heterocycles. The number of benzene rings is 1. The molecule has 1 N–H and O–H groups in total. The summed E-state index contributed by atoms with van der Waals surface area (Å²) >= 11 is 0. The van der Waals surface area contributed by atoms with Gasteiger partial charge in [0.05, 0.1) is 6.26 Å². The minimum Gasteiger partial charge on any atom is -0.309 e. The van der Waals surface area contributed by atoms with Gasteiger partial charge >= 0.3 is 0 Å². The van der Waals surface area contributed by atoms with Crippen LogP contribution in [0.1, 0.15) is 24.5 Å². The lowest BCUT2D eigenvalue weighted by atomic mass is 9.95. The number of piperidine rings is 1. The van der Waals surface area contributed by atoms with E-state index in [-0.39, 0.29) is 17.8 Å². The number of halogens is 1. The highest BCUT2D eigenvalue weighted by Gasteiger charge is 2.30. The summed E-state index contributed by atoms with van der Waals surface area (Å²) < 4.78 is 38.3. The monoisotopic (exact) mass is 314 g/mol. The standard InChI is InChI=1S/C15H23FN2O2S/c1-11-4-5-14(16)13(8-11)9-17-15-6-7-18(10-12(15)2)21(3,19)20/h4-5,8,12,15,17H,6-7,9-10H2,1-3H3. The molecule has 2 atom stereocenters. The first-order valence-corrected chi connectivity index (χ1v) is 9.05. The van der Waals surface area contributed by atoms with E-state index >= 15 is 0 Å². The topological polar surface area (TPSA) is 49.4 Å². The van der Waals surface area contributed by atoms with Crippen molar-refractivity contribution >= 4 is 10.0 Å². The van der Waals surface area contributed by atoms with Crippen LogP contribution < -0.4 is 5.32 Å². The number of hydrogen-bond acceptors (Lipinski definition) is 3. The molecule has 118 valence electrons. The van der Waals surface area contributed by atoms with Crippen molar-refractivity contribution in [3.8, 4) is 0 Å². The number of hydrogen-bond donors (Lipinski definition) is 1. The Hall–Kier alpha value is -0.980. The van der Waals surface area contributed by atoms with Crippen molar-refractivity contribution in [2.45, 2.75) is 32.9 Å². The molecule has 1 aliphatic rings. The van der Waals surface area contributed by atoms with Gasteiger partial charge in [0.1, 0.15) is 5.82 Å². The molecule has 0 amide bonds. The minimum atomic E-state index is -3.12. The normalized spacial score (nSPS) is 24.2. The van der Waals surface area contributed by atoms with Crippen LogP contribution in [0.4, 0.5) is 4.39 Å². The molecule has 0 bridgehead atoms. The van der Waals surface area contributed by atoms with Gasteiger partial charge in [-0.2, -0.15) is 0 Å². The average Bonchev–Trinajstić information content (AvgIpc) is 2.40. The molecule has 0 saturated carbocycles. The molecule has 1 saturated heterocycles. The molecule has 0 spiro atoms. The molecule has 21 heavy (non-hydrogen) atoms. The first kappa shape index (κ1) is 16.4. The zero-order chi connectivity index (χ0) is 15.6. The van der Waals surface area contributed by atoms with Gasteiger partial charge in [0.15, 0.2) is 0 Å². The summed E-state index contributed by atoms with van der Waals surface area (Å²) in [6.07, 6.45) is 2.00. The first-order valence-electron chi connectivity index (χ1n) is 7.21. The third-order valence-electron chi connectivity index (χ3n) is 4.09. The van der Waals surface area contributed by atoms with E-state index in [4.69, 9.17) is 0 Å². The Bertz CT molecular complexity index is 604. The summed E-state index contributed by atoms with van der Waals surface area (Å²) in [6.45, 7) is 5.49. The molecule has 2 unspecified atom stereocenters. The second-order valence-corrected chi connectivity index (χ2v) is 7.95. The molecular formula is C15H23FN2O2S. The molecule has 4 nitrogen and oxygen atoms in total. The molecule has 1 aromatic rings. The molecule has 1 aromatic carbocycles. The summed E-state index contributed by atoms with van der Waals surface area (Å²) in [4.78, 5) is 0. The maximum absolute atomic E-state index is 13.7. The van der Waals surface area contributed by atoms with Crippen LogP contribution in [0.25, 0.3) is 0 Å². The Morgan fingerprint density at radius 1 is 1.43 bits per heavy atom. The smallest absolute Gasteiger partial charge is 0.211 e.